The zero-order valence-electron chi connectivity index (χ0n) is 11.2. The van der Waals surface area contributed by atoms with Crippen LogP contribution in [0.3, 0.4) is 0 Å². The predicted molar refractivity (Wildman–Crippen MR) is 74.5 cm³/mol. The molecule has 0 aliphatic carbocycles. The van der Waals surface area contributed by atoms with Gasteiger partial charge in [-0.1, -0.05) is 18.2 Å². The highest BCUT2D eigenvalue weighted by molar-refractivity contribution is 5.36. The second-order valence-corrected chi connectivity index (χ2v) is 4.67. The molecule has 0 spiro atoms. The monoisotopic (exact) mass is 259 g/mol. The highest BCUT2D eigenvalue weighted by Gasteiger charge is 2.05. The van der Waals surface area contributed by atoms with E-state index in [4.69, 9.17) is 10.5 Å². The van der Waals surface area contributed by atoms with Crippen LogP contribution in [0.4, 0.5) is 4.39 Å². The van der Waals surface area contributed by atoms with E-state index in [0.29, 0.717) is 13.2 Å². The molecule has 0 amide bonds. The second-order valence-electron chi connectivity index (χ2n) is 4.67. The molecule has 2 aromatic rings. The molecule has 0 aliphatic heterocycles. The van der Waals surface area contributed by atoms with Crippen molar-refractivity contribution in [3.63, 3.8) is 0 Å². The van der Waals surface area contributed by atoms with Crippen molar-refractivity contribution in [1.29, 1.82) is 0 Å². The first-order valence-corrected chi connectivity index (χ1v) is 6.27. The predicted octanol–water partition coefficient (Wildman–Crippen LogP) is 3.48. The van der Waals surface area contributed by atoms with E-state index in [1.54, 1.807) is 6.07 Å². The molecule has 0 saturated heterocycles. The largest absolute Gasteiger partial charge is 0.489 e. The molecule has 0 atom stereocenters. The van der Waals surface area contributed by atoms with E-state index in [0.717, 1.165) is 28.0 Å². The average molecular weight is 259 g/mol. The Balaban J connectivity index is 2.16. The highest BCUT2D eigenvalue weighted by Crippen LogP contribution is 2.21. The summed E-state index contributed by atoms with van der Waals surface area (Å²) in [6, 6.07) is 10.7. The minimum absolute atomic E-state index is 0.268. The number of aryl methyl sites for hydroxylation is 2. The van der Waals surface area contributed by atoms with Gasteiger partial charge in [0.05, 0.1) is 0 Å². The molecule has 0 unspecified atom stereocenters. The molecule has 0 radical (unpaired) electrons. The van der Waals surface area contributed by atoms with Gasteiger partial charge in [-0.3, -0.25) is 0 Å². The van der Waals surface area contributed by atoms with Gasteiger partial charge >= 0.3 is 0 Å². The summed E-state index contributed by atoms with van der Waals surface area (Å²) in [4.78, 5) is 0. The minimum atomic E-state index is -0.268. The SMILES string of the molecule is Cc1ccc(C)c(OCc2ccc(F)cc2CN)c1. The summed E-state index contributed by atoms with van der Waals surface area (Å²) < 4.78 is 18.9. The number of nitrogens with two attached hydrogens (primary N) is 1. The van der Waals surface area contributed by atoms with Crippen molar-refractivity contribution in [3.8, 4) is 5.75 Å². The lowest BCUT2D eigenvalue weighted by atomic mass is 10.1. The van der Waals surface area contributed by atoms with E-state index in [-0.39, 0.29) is 5.82 Å². The van der Waals surface area contributed by atoms with Crippen LogP contribution in [0.15, 0.2) is 36.4 Å². The summed E-state index contributed by atoms with van der Waals surface area (Å²) in [6.07, 6.45) is 0. The molecule has 0 fully saturated rings. The minimum Gasteiger partial charge on any atom is -0.489 e. The van der Waals surface area contributed by atoms with Crippen molar-refractivity contribution in [1.82, 2.24) is 0 Å². The Bertz CT molecular complexity index is 581. The van der Waals surface area contributed by atoms with Crippen LogP contribution in [0.1, 0.15) is 22.3 Å². The topological polar surface area (TPSA) is 35.2 Å². The Labute approximate surface area is 113 Å². The summed E-state index contributed by atoms with van der Waals surface area (Å²) >= 11 is 0. The third-order valence-corrected chi connectivity index (χ3v) is 3.12. The molecule has 2 nitrogen and oxygen atoms in total. The fourth-order valence-corrected chi connectivity index (χ4v) is 1.94. The number of ether oxygens (including phenoxy) is 1. The molecule has 2 N–H and O–H groups in total. The lowest BCUT2D eigenvalue weighted by Gasteiger charge is -2.12. The Morgan fingerprint density at radius 1 is 1.05 bits per heavy atom. The first-order chi connectivity index (χ1) is 9.10. The van der Waals surface area contributed by atoms with Crippen molar-refractivity contribution in [2.45, 2.75) is 27.0 Å². The van der Waals surface area contributed by atoms with Gasteiger partial charge in [-0.05, 0) is 54.3 Å². The molecular formula is C16H18FNO. The standard InChI is InChI=1S/C16H18FNO/c1-11-3-4-12(2)16(7-11)19-10-13-5-6-15(17)8-14(13)9-18/h3-8H,9-10,18H2,1-2H3. The summed E-state index contributed by atoms with van der Waals surface area (Å²) in [5, 5.41) is 0. The van der Waals surface area contributed by atoms with Crippen molar-refractivity contribution >= 4 is 0 Å². The van der Waals surface area contributed by atoms with Gasteiger partial charge in [-0.15, -0.1) is 0 Å². The van der Waals surface area contributed by atoms with Gasteiger partial charge in [-0.2, -0.15) is 0 Å². The van der Waals surface area contributed by atoms with Crippen LogP contribution < -0.4 is 10.5 Å². The summed E-state index contributed by atoms with van der Waals surface area (Å²) in [6.45, 7) is 4.74. The summed E-state index contributed by atoms with van der Waals surface area (Å²) in [5.74, 6) is 0.586. The molecule has 19 heavy (non-hydrogen) atoms. The van der Waals surface area contributed by atoms with Crippen LogP contribution in [0.5, 0.6) is 5.75 Å². The number of halogens is 1. The van der Waals surface area contributed by atoms with Crippen LogP contribution in [0.25, 0.3) is 0 Å². The van der Waals surface area contributed by atoms with Gasteiger partial charge in [0, 0.05) is 6.54 Å². The fraction of sp³-hybridized carbons (Fsp3) is 0.250. The highest BCUT2D eigenvalue weighted by atomic mass is 19.1. The molecule has 0 saturated carbocycles. The zero-order valence-corrected chi connectivity index (χ0v) is 11.2. The van der Waals surface area contributed by atoms with Crippen molar-refractivity contribution in [2.75, 3.05) is 0 Å². The molecule has 100 valence electrons. The van der Waals surface area contributed by atoms with Crippen LogP contribution in [0.2, 0.25) is 0 Å². The molecule has 2 rings (SSSR count). The Kier molecular flexibility index (Phi) is 4.17. The van der Waals surface area contributed by atoms with Crippen LogP contribution >= 0.6 is 0 Å². The molecule has 0 aromatic heterocycles. The van der Waals surface area contributed by atoms with Crippen molar-refractivity contribution in [2.24, 2.45) is 5.73 Å². The van der Waals surface area contributed by atoms with Crippen molar-refractivity contribution < 1.29 is 9.13 Å². The van der Waals surface area contributed by atoms with E-state index in [1.165, 1.54) is 12.1 Å². The molecule has 3 heteroatoms. The van der Waals surface area contributed by atoms with E-state index in [9.17, 15) is 4.39 Å². The Morgan fingerprint density at radius 3 is 2.58 bits per heavy atom. The van der Waals surface area contributed by atoms with Gasteiger partial charge in [0.15, 0.2) is 0 Å². The molecule has 0 bridgehead atoms. The van der Waals surface area contributed by atoms with E-state index in [1.807, 2.05) is 32.0 Å². The smallest absolute Gasteiger partial charge is 0.123 e. The van der Waals surface area contributed by atoms with Crippen LogP contribution in [-0.4, -0.2) is 0 Å². The maximum Gasteiger partial charge on any atom is 0.123 e. The zero-order chi connectivity index (χ0) is 13.8. The number of hydrogen-bond donors (Lipinski definition) is 1. The van der Waals surface area contributed by atoms with E-state index >= 15 is 0 Å². The summed E-state index contributed by atoms with van der Waals surface area (Å²) in [5.41, 5.74) is 9.56. The quantitative estimate of drug-likeness (QED) is 0.912. The van der Waals surface area contributed by atoms with Gasteiger partial charge in [-0.25, -0.2) is 4.39 Å². The molecular weight excluding hydrogens is 241 g/mol. The van der Waals surface area contributed by atoms with Crippen LogP contribution in [-0.2, 0) is 13.2 Å². The first kappa shape index (κ1) is 13.6. The molecule has 0 aliphatic rings. The number of hydrogen-bond acceptors (Lipinski definition) is 2. The Morgan fingerprint density at radius 2 is 1.84 bits per heavy atom. The van der Waals surface area contributed by atoms with E-state index < -0.39 is 0 Å². The molecule has 0 heterocycles. The van der Waals surface area contributed by atoms with Gasteiger partial charge in [0.25, 0.3) is 0 Å². The maximum atomic E-state index is 13.1. The van der Waals surface area contributed by atoms with Crippen LogP contribution in [0, 0.1) is 19.7 Å². The average Bonchev–Trinajstić information content (AvgIpc) is 2.40. The maximum absolute atomic E-state index is 13.1. The van der Waals surface area contributed by atoms with Gasteiger partial charge < -0.3 is 10.5 Å². The van der Waals surface area contributed by atoms with Crippen molar-refractivity contribution in [3.05, 3.63) is 64.5 Å². The second kappa shape index (κ2) is 5.85. The molecule has 2 aromatic carbocycles. The van der Waals surface area contributed by atoms with Gasteiger partial charge in [0.1, 0.15) is 18.2 Å². The lowest BCUT2D eigenvalue weighted by Crippen LogP contribution is -2.06. The third kappa shape index (κ3) is 3.32. The third-order valence-electron chi connectivity index (χ3n) is 3.12. The van der Waals surface area contributed by atoms with Gasteiger partial charge in [0.2, 0.25) is 0 Å². The Hall–Kier alpha value is -1.87. The number of rotatable bonds is 4. The summed E-state index contributed by atoms with van der Waals surface area (Å²) in [7, 11) is 0. The lowest BCUT2D eigenvalue weighted by molar-refractivity contribution is 0.302. The number of benzene rings is 2. The normalized spacial score (nSPS) is 10.5. The first-order valence-electron chi connectivity index (χ1n) is 6.27. The van der Waals surface area contributed by atoms with E-state index in [2.05, 4.69) is 0 Å². The fourth-order valence-electron chi connectivity index (χ4n) is 1.94.